The van der Waals surface area contributed by atoms with Crippen LogP contribution in [-0.4, -0.2) is 71.1 Å². The molecule has 184 valence electrons. The molecule has 0 bridgehead atoms. The second-order valence-electron chi connectivity index (χ2n) is 8.21. The van der Waals surface area contributed by atoms with Gasteiger partial charge in [0.15, 0.2) is 0 Å². The van der Waals surface area contributed by atoms with E-state index in [9.17, 15) is 12.8 Å². The van der Waals surface area contributed by atoms with Crippen molar-refractivity contribution < 1.29 is 12.8 Å². The SMILES string of the molecule is [C-]#[N+]c1cnc(N[C@H]2CCN(S(C)(=O)=O)C[C@H]2F)nc1-c1cnn(-c2ccc(CNC)cc2Cl)c1. The van der Waals surface area contributed by atoms with E-state index in [4.69, 9.17) is 18.2 Å². The Hall–Kier alpha value is -3.11. The van der Waals surface area contributed by atoms with Crippen molar-refractivity contribution in [2.24, 2.45) is 0 Å². The minimum absolute atomic E-state index is 0.148. The van der Waals surface area contributed by atoms with Crippen molar-refractivity contribution in [3.63, 3.8) is 0 Å². The van der Waals surface area contributed by atoms with Crippen LogP contribution in [0.15, 0.2) is 36.8 Å². The van der Waals surface area contributed by atoms with Crippen LogP contribution in [-0.2, 0) is 16.6 Å². The number of halogens is 2. The standard InChI is InChI=1S/C22H24ClFN8O2S/c1-25-9-14-4-5-20(16(23)8-14)32-12-15(10-28-32)21-19(26-2)11-27-22(30-21)29-18-6-7-31(13-17(18)24)35(3,33)34/h4-5,8,10-12,17-18,25H,6-7,9,13H2,1,3H3,(H,27,29,30)/t17-,18+/m1/s1. The third-order valence-corrected chi connectivity index (χ3v) is 7.25. The van der Waals surface area contributed by atoms with Crippen molar-refractivity contribution in [2.45, 2.75) is 25.2 Å². The lowest BCUT2D eigenvalue weighted by Crippen LogP contribution is -2.49. The second kappa shape index (κ2) is 10.2. The van der Waals surface area contributed by atoms with Crippen LogP contribution >= 0.6 is 11.6 Å². The Morgan fingerprint density at radius 2 is 2.14 bits per heavy atom. The fourth-order valence-corrected chi connectivity index (χ4v) is 5.01. The number of aromatic nitrogens is 4. The summed E-state index contributed by atoms with van der Waals surface area (Å²) in [6.45, 7) is 8.14. The lowest BCUT2D eigenvalue weighted by Gasteiger charge is -2.33. The van der Waals surface area contributed by atoms with Gasteiger partial charge in [0.25, 0.3) is 0 Å². The van der Waals surface area contributed by atoms with Crippen LogP contribution in [0.25, 0.3) is 21.8 Å². The van der Waals surface area contributed by atoms with E-state index >= 15 is 0 Å². The molecule has 2 aromatic heterocycles. The molecule has 0 radical (unpaired) electrons. The van der Waals surface area contributed by atoms with Crippen LogP contribution < -0.4 is 10.6 Å². The molecule has 1 saturated heterocycles. The number of nitrogens with one attached hydrogen (secondary N) is 2. The first kappa shape index (κ1) is 25.0. The number of hydrogen-bond donors (Lipinski definition) is 2. The van der Waals surface area contributed by atoms with E-state index in [-0.39, 0.29) is 31.1 Å². The largest absolute Gasteiger partial charge is 0.349 e. The Balaban J connectivity index is 1.57. The molecule has 0 spiro atoms. The molecule has 2 N–H and O–H groups in total. The van der Waals surface area contributed by atoms with E-state index < -0.39 is 22.2 Å². The molecular formula is C22H24ClFN8O2S. The summed E-state index contributed by atoms with van der Waals surface area (Å²) in [4.78, 5) is 12.1. The molecule has 0 saturated carbocycles. The van der Waals surface area contributed by atoms with Gasteiger partial charge in [-0.05, 0) is 31.2 Å². The molecule has 4 rings (SSSR count). The van der Waals surface area contributed by atoms with Gasteiger partial charge in [0.2, 0.25) is 21.7 Å². The van der Waals surface area contributed by atoms with Crippen molar-refractivity contribution in [3.05, 3.63) is 58.8 Å². The Labute approximate surface area is 208 Å². The number of benzene rings is 1. The Kier molecular flexibility index (Phi) is 7.32. The fourth-order valence-electron chi connectivity index (χ4n) is 3.87. The highest BCUT2D eigenvalue weighted by Crippen LogP contribution is 2.31. The fraction of sp³-hybridized carbons (Fsp3) is 0.364. The summed E-state index contributed by atoms with van der Waals surface area (Å²) in [7, 11) is -1.60. The highest BCUT2D eigenvalue weighted by atomic mass is 35.5. The quantitative estimate of drug-likeness (QED) is 0.463. The molecule has 0 unspecified atom stereocenters. The normalized spacial score (nSPS) is 18.8. The van der Waals surface area contributed by atoms with Gasteiger partial charge >= 0.3 is 0 Å². The minimum atomic E-state index is -3.46. The molecule has 13 heteroatoms. The van der Waals surface area contributed by atoms with E-state index in [1.54, 1.807) is 17.1 Å². The maximum absolute atomic E-state index is 14.7. The zero-order valence-corrected chi connectivity index (χ0v) is 20.7. The molecular weight excluding hydrogens is 495 g/mol. The van der Waals surface area contributed by atoms with E-state index in [0.717, 1.165) is 16.1 Å². The lowest BCUT2D eigenvalue weighted by molar-refractivity contribution is 0.186. The van der Waals surface area contributed by atoms with Crippen LogP contribution in [0, 0.1) is 6.57 Å². The summed E-state index contributed by atoms with van der Waals surface area (Å²) >= 11 is 6.45. The first-order valence-electron chi connectivity index (χ1n) is 10.8. The van der Waals surface area contributed by atoms with Crippen LogP contribution in [0.5, 0.6) is 0 Å². The number of hydrogen-bond acceptors (Lipinski definition) is 7. The molecule has 1 aromatic carbocycles. The van der Waals surface area contributed by atoms with Crippen molar-refractivity contribution >= 4 is 33.3 Å². The van der Waals surface area contributed by atoms with Gasteiger partial charge in [-0.3, -0.25) is 0 Å². The summed E-state index contributed by atoms with van der Waals surface area (Å²) in [5, 5.41) is 10.9. The van der Waals surface area contributed by atoms with Crippen molar-refractivity contribution in [1.29, 1.82) is 0 Å². The maximum atomic E-state index is 14.7. The predicted octanol–water partition coefficient (Wildman–Crippen LogP) is 3.04. The molecule has 0 aliphatic carbocycles. The summed E-state index contributed by atoms with van der Waals surface area (Å²) in [6, 6.07) is 5.00. The van der Waals surface area contributed by atoms with Crippen molar-refractivity contribution in [2.75, 3.05) is 31.7 Å². The molecule has 0 amide bonds. The first-order valence-corrected chi connectivity index (χ1v) is 13.0. The lowest BCUT2D eigenvalue weighted by atomic mass is 10.1. The summed E-state index contributed by atoms with van der Waals surface area (Å²) < 4.78 is 40.8. The van der Waals surface area contributed by atoms with Gasteiger partial charge in [-0.25, -0.2) is 32.3 Å². The van der Waals surface area contributed by atoms with Crippen LogP contribution in [0.4, 0.5) is 16.0 Å². The molecule has 35 heavy (non-hydrogen) atoms. The Morgan fingerprint density at radius 3 is 2.80 bits per heavy atom. The second-order valence-corrected chi connectivity index (χ2v) is 10.6. The average molecular weight is 519 g/mol. The number of piperidine rings is 1. The molecule has 1 aliphatic heterocycles. The zero-order valence-electron chi connectivity index (χ0n) is 19.1. The molecule has 3 heterocycles. The number of anilines is 1. The van der Waals surface area contributed by atoms with Gasteiger partial charge in [0, 0.05) is 37.6 Å². The van der Waals surface area contributed by atoms with Gasteiger partial charge in [-0.2, -0.15) is 9.40 Å². The summed E-state index contributed by atoms with van der Waals surface area (Å²) in [6.07, 6.45) is 4.55. The number of sulfonamides is 1. The van der Waals surface area contributed by atoms with E-state index in [0.29, 0.717) is 28.5 Å². The molecule has 2 atom stereocenters. The highest BCUT2D eigenvalue weighted by molar-refractivity contribution is 7.88. The van der Waals surface area contributed by atoms with Gasteiger partial charge < -0.3 is 10.6 Å². The average Bonchev–Trinajstić information content (AvgIpc) is 3.30. The van der Waals surface area contributed by atoms with E-state index in [1.807, 2.05) is 25.2 Å². The van der Waals surface area contributed by atoms with Crippen LogP contribution in [0.1, 0.15) is 12.0 Å². The van der Waals surface area contributed by atoms with Crippen LogP contribution in [0.2, 0.25) is 5.02 Å². The molecule has 10 nitrogen and oxygen atoms in total. The monoisotopic (exact) mass is 518 g/mol. The van der Waals surface area contributed by atoms with E-state index in [1.165, 1.54) is 6.20 Å². The number of nitrogens with zero attached hydrogens (tertiary/aromatic N) is 6. The molecule has 1 aliphatic rings. The van der Waals surface area contributed by atoms with Gasteiger partial charge in [-0.15, -0.1) is 0 Å². The molecule has 3 aromatic rings. The molecule has 1 fully saturated rings. The maximum Gasteiger partial charge on any atom is 0.231 e. The topological polar surface area (TPSA) is 109 Å². The number of rotatable bonds is 7. The third-order valence-electron chi connectivity index (χ3n) is 5.67. The van der Waals surface area contributed by atoms with E-state index in [2.05, 4.69) is 30.5 Å². The third kappa shape index (κ3) is 5.59. The Morgan fingerprint density at radius 1 is 1.34 bits per heavy atom. The zero-order chi connectivity index (χ0) is 25.2. The predicted molar refractivity (Wildman–Crippen MR) is 132 cm³/mol. The Bertz CT molecular complexity index is 1370. The summed E-state index contributed by atoms with van der Waals surface area (Å²) in [5.74, 6) is 0.148. The smallest absolute Gasteiger partial charge is 0.231 e. The minimum Gasteiger partial charge on any atom is -0.349 e. The van der Waals surface area contributed by atoms with Crippen molar-refractivity contribution in [3.8, 4) is 16.9 Å². The van der Waals surface area contributed by atoms with Crippen molar-refractivity contribution in [1.82, 2.24) is 29.4 Å². The first-order chi connectivity index (χ1) is 16.7. The van der Waals surface area contributed by atoms with Gasteiger partial charge in [0.05, 0.1) is 41.5 Å². The van der Waals surface area contributed by atoms with Crippen LogP contribution in [0.3, 0.4) is 0 Å². The highest BCUT2D eigenvalue weighted by Gasteiger charge is 2.33. The summed E-state index contributed by atoms with van der Waals surface area (Å²) in [5.41, 5.74) is 2.84. The number of alkyl halides is 1. The van der Waals surface area contributed by atoms with Gasteiger partial charge in [0.1, 0.15) is 6.17 Å². The van der Waals surface area contributed by atoms with Gasteiger partial charge in [-0.1, -0.05) is 17.7 Å².